The molecule has 574 valence electrons. The van der Waals surface area contributed by atoms with Gasteiger partial charge in [-0.25, -0.2) is 4.79 Å². The summed E-state index contributed by atoms with van der Waals surface area (Å²) in [6, 6.07) is 76.8. The van der Waals surface area contributed by atoms with Crippen LogP contribution in [0.1, 0.15) is 124 Å². The molecule has 0 fully saturated rings. The number of aryl methyl sites for hydroxylation is 7. The number of nitrogens with two attached hydrogens (primary N) is 2. The van der Waals surface area contributed by atoms with E-state index in [1.807, 2.05) is 50.9 Å². The molecule has 0 aliphatic rings. The molecule has 0 heterocycles. The van der Waals surface area contributed by atoms with Crippen LogP contribution in [0.2, 0.25) is 0 Å². The van der Waals surface area contributed by atoms with E-state index in [9.17, 15) is 13.2 Å². The molecule has 0 atom stereocenters. The molecule has 0 saturated carbocycles. The molecular formula is C86H124N7O5PS6. The van der Waals surface area contributed by atoms with Crippen LogP contribution in [-0.2, 0) is 34.7 Å². The third-order valence-electron chi connectivity index (χ3n) is 14.5. The predicted molar refractivity (Wildman–Crippen MR) is 474 cm³/mol. The van der Waals surface area contributed by atoms with E-state index in [1.165, 1.54) is 111 Å². The van der Waals surface area contributed by atoms with Gasteiger partial charge in [0, 0.05) is 82.4 Å². The Morgan fingerprint density at radius 2 is 0.895 bits per heavy atom. The standard InChI is InChI=1S/C15H17P.C12H21N3.C10H16N2.C9H12S.C8H8O2.C8H10S.C7H8O3S.C7H8S.C6H14N2S.C4H10S/c1-2-13-16(14-9-5-3-6-10-14)15-11-7-4-8-12-15;1-11-2-4-12(5-3-11)10-15-9-8-14-7-6-13;1-9-2-4-10(5-3-9)8-12-7-6-11;1-8-3-5-9(6-4-8)7-10-2;1-6-2-4-7(5-3-6)8(9)10;1-7-2-4-8(6-9)5-3-7;1-6-2-4-7(5-3-6)11(8,9)10;1-6-3-2-4-7(8)5-6;1-3-4-5-8-6(9)7-2;1-2-3-4-5/h3-12H,2,13H2,1H3;2-5,14-15H,6-10,13H2,1H3;2-5,12H,6-8,11H2,1H3;3-6H,7H2,1-2H3;2-5H,1H3,(H,9,10);2-5,9H,6H2,1H3;2-5H,1H3,(H,8,9,10);2-5,8H,1H3;3-5H2,1-2H3,(H2,7,8,9);5H,2-4H2,1H3. The van der Waals surface area contributed by atoms with Gasteiger partial charge in [-0.3, -0.25) is 4.55 Å². The van der Waals surface area contributed by atoms with E-state index in [4.69, 9.17) is 33.3 Å². The van der Waals surface area contributed by atoms with Crippen molar-refractivity contribution >= 4 is 102 Å². The van der Waals surface area contributed by atoms with Crippen LogP contribution < -0.4 is 48.7 Å². The van der Waals surface area contributed by atoms with Gasteiger partial charge in [-0.2, -0.15) is 45.4 Å². The maximum Gasteiger partial charge on any atom is 0.335 e. The van der Waals surface area contributed by atoms with Crippen LogP contribution in [0.25, 0.3) is 0 Å². The average molecular weight is 1560 g/mol. The van der Waals surface area contributed by atoms with E-state index >= 15 is 0 Å². The molecule has 11 N–H and O–H groups in total. The third-order valence-corrected chi connectivity index (χ3v) is 20.0. The number of nitrogens with one attached hydrogen (secondary N) is 5. The first-order valence-corrected chi connectivity index (χ1v) is 42.3. The van der Waals surface area contributed by atoms with Gasteiger partial charge in [0.25, 0.3) is 10.1 Å². The maximum atomic E-state index is 10.5. The fourth-order valence-corrected chi connectivity index (χ4v) is 12.7. The van der Waals surface area contributed by atoms with Crippen molar-refractivity contribution in [1.29, 1.82) is 0 Å². The molecule has 9 aromatic carbocycles. The van der Waals surface area contributed by atoms with Crippen molar-refractivity contribution in [2.75, 3.05) is 71.0 Å². The first-order valence-electron chi connectivity index (χ1n) is 35.8. The van der Waals surface area contributed by atoms with Crippen LogP contribution in [0.5, 0.6) is 0 Å². The Morgan fingerprint density at radius 3 is 1.24 bits per heavy atom. The molecule has 0 unspecified atom stereocenters. The van der Waals surface area contributed by atoms with Gasteiger partial charge < -0.3 is 43.2 Å². The molecule has 9 aromatic rings. The number of thioether (sulfide) groups is 1. The van der Waals surface area contributed by atoms with Gasteiger partial charge in [0.1, 0.15) is 0 Å². The Morgan fingerprint density at radius 1 is 0.495 bits per heavy atom. The summed E-state index contributed by atoms with van der Waals surface area (Å²) in [4.78, 5) is 11.3. The van der Waals surface area contributed by atoms with Crippen molar-refractivity contribution in [3.63, 3.8) is 0 Å². The summed E-state index contributed by atoms with van der Waals surface area (Å²) < 4.78 is 29.6. The van der Waals surface area contributed by atoms with Gasteiger partial charge >= 0.3 is 5.97 Å². The van der Waals surface area contributed by atoms with E-state index < -0.39 is 16.1 Å². The number of hydrogen-bond donors (Lipinski definition) is 12. The smallest absolute Gasteiger partial charge is 0.335 e. The SMILES string of the molecule is CCCCNC(=S)NC.CCCCS.CCCP(c1ccccc1)c1ccccc1.CSCc1ccc(C)cc1.Cc1ccc(C(=O)O)cc1.Cc1ccc(CNCCN)cc1.Cc1ccc(CNCCNCCN)cc1.Cc1ccc(CS)cc1.Cc1ccc(S(=O)(=O)O)cc1.Cc1cccc(S)c1. The van der Waals surface area contributed by atoms with Gasteiger partial charge in [0.15, 0.2) is 5.11 Å². The minimum absolute atomic E-state index is 0.0666. The van der Waals surface area contributed by atoms with Gasteiger partial charge in [-0.15, -0.1) is 12.6 Å². The maximum absolute atomic E-state index is 10.5. The van der Waals surface area contributed by atoms with E-state index in [0.29, 0.717) is 18.7 Å². The topological polar surface area (TPSA) is 204 Å². The van der Waals surface area contributed by atoms with Gasteiger partial charge in [-0.1, -0.05) is 273 Å². The highest BCUT2D eigenvalue weighted by Crippen LogP contribution is 2.33. The lowest BCUT2D eigenvalue weighted by Crippen LogP contribution is -2.32. The number of carbonyl (C=O) groups is 1. The number of rotatable bonds is 25. The normalized spacial score (nSPS) is 9.97. The second kappa shape index (κ2) is 64.8. The first-order chi connectivity index (χ1) is 50.4. The lowest BCUT2D eigenvalue weighted by Gasteiger charge is -2.17. The van der Waals surface area contributed by atoms with E-state index in [0.717, 1.165) is 84.2 Å². The highest BCUT2D eigenvalue weighted by Gasteiger charge is 2.12. The van der Waals surface area contributed by atoms with Crippen molar-refractivity contribution in [2.45, 2.75) is 136 Å². The predicted octanol–water partition coefficient (Wildman–Crippen LogP) is 18.3. The molecule has 0 spiro atoms. The Hall–Kier alpha value is -6.32. The van der Waals surface area contributed by atoms with Crippen LogP contribution >= 0.6 is 69.8 Å². The molecular weight excluding hydrogens is 1430 g/mol. The number of hydrogen-bond acceptors (Lipinski definition) is 13. The molecule has 0 aromatic heterocycles. The van der Waals surface area contributed by atoms with E-state index in [1.54, 1.807) is 36.4 Å². The third kappa shape index (κ3) is 54.9. The molecule has 9 rings (SSSR count). The molecule has 0 bridgehead atoms. The molecule has 0 aliphatic carbocycles. The molecule has 19 heteroatoms. The molecule has 0 radical (unpaired) electrons. The zero-order chi connectivity index (χ0) is 78.3. The van der Waals surface area contributed by atoms with E-state index in [2.05, 4.69) is 290 Å². The molecule has 0 amide bonds. The monoisotopic (exact) mass is 1560 g/mol. The second-order valence-corrected chi connectivity index (χ2v) is 30.6. The number of aromatic carboxylic acids is 1. The number of thiocarbonyl (C=S) groups is 1. The number of unbranched alkanes of at least 4 members (excludes halogenated alkanes) is 2. The van der Waals surface area contributed by atoms with Crippen LogP contribution in [0.3, 0.4) is 0 Å². The Bertz CT molecular complexity index is 3600. The largest absolute Gasteiger partial charge is 0.478 e. The Balaban J connectivity index is 0.00000116. The number of thiol groups is 3. The highest BCUT2D eigenvalue weighted by atomic mass is 32.2. The Labute approximate surface area is 661 Å². The highest BCUT2D eigenvalue weighted by molar-refractivity contribution is 7.97. The second-order valence-electron chi connectivity index (χ2n) is 24.3. The van der Waals surface area contributed by atoms with Crippen molar-refractivity contribution in [3.05, 3.63) is 297 Å². The van der Waals surface area contributed by atoms with Crippen LogP contribution in [0.4, 0.5) is 0 Å². The summed E-state index contributed by atoms with van der Waals surface area (Å²) in [5.41, 5.74) is 24.9. The summed E-state index contributed by atoms with van der Waals surface area (Å²) in [7, 11) is -2.35. The Kier molecular flexibility index (Phi) is 60.9. The summed E-state index contributed by atoms with van der Waals surface area (Å²) in [5.74, 6) is 2.12. The van der Waals surface area contributed by atoms with E-state index in [-0.39, 0.29) is 12.8 Å². The lowest BCUT2D eigenvalue weighted by atomic mass is 10.1. The summed E-state index contributed by atoms with van der Waals surface area (Å²) in [6.07, 6.45) is 9.56. The fourth-order valence-electron chi connectivity index (χ4n) is 8.43. The average Bonchev–Trinajstić information content (AvgIpc) is 0.867. The fraction of sp³-hybridized carbons (Fsp3) is 0.349. The number of carboxylic acids is 1. The van der Waals surface area contributed by atoms with Gasteiger partial charge in [-0.05, 0) is 169 Å². The molecule has 0 aliphatic heterocycles. The first kappa shape index (κ1) is 98.7. The zero-order valence-electron chi connectivity index (χ0n) is 64.5. The van der Waals surface area contributed by atoms with Crippen molar-refractivity contribution in [2.24, 2.45) is 11.5 Å². The quantitative estimate of drug-likeness (QED) is 0.00847. The van der Waals surface area contributed by atoms with Crippen LogP contribution in [0.15, 0.2) is 240 Å². The van der Waals surface area contributed by atoms with Crippen molar-refractivity contribution in [1.82, 2.24) is 26.6 Å². The number of benzene rings is 9. The minimum Gasteiger partial charge on any atom is -0.478 e. The summed E-state index contributed by atoms with van der Waals surface area (Å²) in [6.45, 7) is 28.8. The minimum atomic E-state index is -4.02. The molecule has 105 heavy (non-hydrogen) atoms. The van der Waals surface area contributed by atoms with Crippen LogP contribution in [0, 0.1) is 48.5 Å². The summed E-state index contributed by atoms with van der Waals surface area (Å²) >= 11 is 19.0. The zero-order valence-corrected chi connectivity index (χ0v) is 70.5. The van der Waals surface area contributed by atoms with Crippen molar-refractivity contribution < 1.29 is 22.9 Å². The van der Waals surface area contributed by atoms with Gasteiger partial charge in [0.05, 0.1) is 10.5 Å². The van der Waals surface area contributed by atoms with Crippen LogP contribution in [-0.4, -0.2) is 100 Å². The molecule has 0 saturated heterocycles. The van der Waals surface area contributed by atoms with Crippen molar-refractivity contribution in [3.8, 4) is 0 Å². The number of carboxylic acid groups (broad SMARTS) is 1. The van der Waals surface area contributed by atoms with Gasteiger partial charge in [0.2, 0.25) is 0 Å². The molecule has 12 nitrogen and oxygen atoms in total. The summed E-state index contributed by atoms with van der Waals surface area (Å²) in [5, 5.41) is 28.0. The lowest BCUT2D eigenvalue weighted by molar-refractivity contribution is 0.0696.